The maximum Gasteiger partial charge on any atom is 0.278 e. The lowest BCUT2D eigenvalue weighted by Gasteiger charge is -2.03. The molecule has 2 heterocycles. The molecule has 15 heavy (non-hydrogen) atoms. The van der Waals surface area contributed by atoms with Crippen molar-refractivity contribution in [3.63, 3.8) is 0 Å². The van der Waals surface area contributed by atoms with Gasteiger partial charge in [0.25, 0.3) is 5.56 Å². The van der Waals surface area contributed by atoms with E-state index in [4.69, 9.17) is 5.73 Å². The number of nitrogens with two attached hydrogens (primary N) is 1. The van der Waals surface area contributed by atoms with Crippen LogP contribution >= 0.6 is 0 Å². The van der Waals surface area contributed by atoms with Crippen molar-refractivity contribution in [2.24, 2.45) is 0 Å². The summed E-state index contributed by atoms with van der Waals surface area (Å²) in [6, 6.07) is 0.0276. The molecule has 0 aliphatic rings. The quantitative estimate of drug-likeness (QED) is 0.532. The highest BCUT2D eigenvalue weighted by Gasteiger charge is 2.12. The molecule has 0 aliphatic carbocycles. The fraction of sp³-hybridized carbons (Fsp3) is 0.375. The Balaban J connectivity index is 2.65. The molecule has 0 aromatic carbocycles. The highest BCUT2D eigenvalue weighted by Crippen LogP contribution is 2.10. The van der Waals surface area contributed by atoms with Gasteiger partial charge in [-0.05, 0) is 14.0 Å². The van der Waals surface area contributed by atoms with Gasteiger partial charge in [0.1, 0.15) is 5.82 Å². The molecule has 0 amide bonds. The Labute approximate surface area is 85.1 Å². The summed E-state index contributed by atoms with van der Waals surface area (Å²) in [6.45, 7) is 1.93. The highest BCUT2D eigenvalue weighted by molar-refractivity contribution is 5.70. The summed E-state index contributed by atoms with van der Waals surface area (Å²) in [5.74, 6) is 0.735. The van der Waals surface area contributed by atoms with Crippen molar-refractivity contribution in [3.05, 3.63) is 16.2 Å². The van der Waals surface area contributed by atoms with E-state index in [1.165, 1.54) is 0 Å². The lowest BCUT2D eigenvalue weighted by Crippen LogP contribution is -2.14. The highest BCUT2D eigenvalue weighted by atomic mass is 16.1. The number of anilines is 1. The van der Waals surface area contributed by atoms with Gasteiger partial charge >= 0.3 is 0 Å². The smallest absolute Gasteiger partial charge is 0.278 e. The van der Waals surface area contributed by atoms with E-state index in [9.17, 15) is 4.79 Å². The average molecular weight is 208 g/mol. The Morgan fingerprint density at radius 1 is 1.40 bits per heavy atom. The zero-order valence-corrected chi connectivity index (χ0v) is 8.46. The molecule has 0 aliphatic heterocycles. The number of fused-ring (bicyclic) bond motifs is 1. The Hall–Kier alpha value is -1.89. The summed E-state index contributed by atoms with van der Waals surface area (Å²) in [5.41, 5.74) is 5.79. The van der Waals surface area contributed by atoms with Crippen molar-refractivity contribution < 1.29 is 0 Å². The topological polar surface area (TPSA) is 112 Å². The molecule has 0 radical (unpaired) electrons. The molecule has 1 unspecified atom stereocenters. The van der Waals surface area contributed by atoms with Crippen molar-refractivity contribution in [3.8, 4) is 0 Å². The predicted octanol–water partition coefficient (Wildman–Crippen LogP) is -0.491. The van der Waals surface area contributed by atoms with E-state index >= 15 is 0 Å². The van der Waals surface area contributed by atoms with Crippen molar-refractivity contribution in [1.29, 1.82) is 0 Å². The van der Waals surface area contributed by atoms with Crippen LogP contribution in [0.1, 0.15) is 18.8 Å². The van der Waals surface area contributed by atoms with Crippen molar-refractivity contribution in [1.82, 2.24) is 25.3 Å². The molecule has 5 N–H and O–H groups in total. The average Bonchev–Trinajstić information content (AvgIpc) is 2.60. The van der Waals surface area contributed by atoms with Gasteiger partial charge < -0.3 is 16.0 Å². The zero-order chi connectivity index (χ0) is 11.0. The minimum atomic E-state index is -0.306. The van der Waals surface area contributed by atoms with Gasteiger partial charge in [0, 0.05) is 0 Å². The fourth-order valence-corrected chi connectivity index (χ4v) is 1.28. The second-order valence-electron chi connectivity index (χ2n) is 3.28. The molecule has 7 nitrogen and oxygen atoms in total. The van der Waals surface area contributed by atoms with E-state index in [0.29, 0.717) is 17.0 Å². The van der Waals surface area contributed by atoms with Crippen LogP contribution in [0.15, 0.2) is 4.79 Å². The number of nitrogens with one attached hydrogen (secondary N) is 3. The number of aromatic amines is 2. The van der Waals surface area contributed by atoms with Gasteiger partial charge in [0.15, 0.2) is 11.2 Å². The number of imidazole rings is 1. The lowest BCUT2D eigenvalue weighted by molar-refractivity contribution is 0.619. The van der Waals surface area contributed by atoms with Gasteiger partial charge in [-0.15, -0.1) is 0 Å². The molecule has 0 saturated carbocycles. The Kier molecular flexibility index (Phi) is 2.16. The molecular formula is C8H12N6O. The molecule has 2 aromatic heterocycles. The predicted molar refractivity (Wildman–Crippen MR) is 56.4 cm³/mol. The van der Waals surface area contributed by atoms with E-state index in [2.05, 4.69) is 25.3 Å². The Bertz CT molecular complexity index is 542. The number of hydrogen-bond acceptors (Lipinski definition) is 5. The second kappa shape index (κ2) is 3.35. The van der Waals surface area contributed by atoms with E-state index in [0.717, 1.165) is 0 Å². The van der Waals surface area contributed by atoms with Crippen LogP contribution < -0.4 is 16.6 Å². The van der Waals surface area contributed by atoms with Crippen LogP contribution in [-0.4, -0.2) is 27.0 Å². The first-order valence-corrected chi connectivity index (χ1v) is 4.54. The van der Waals surface area contributed by atoms with Crippen LogP contribution in [0, 0.1) is 0 Å². The van der Waals surface area contributed by atoms with Crippen LogP contribution in [0.5, 0.6) is 0 Å². The van der Waals surface area contributed by atoms with Crippen LogP contribution in [0.25, 0.3) is 11.2 Å². The lowest BCUT2D eigenvalue weighted by atomic mass is 10.3. The SMILES string of the molecule is CNC(C)c1nc2nc(N)[nH]c(=O)c2[nH]1. The van der Waals surface area contributed by atoms with E-state index in [1.54, 1.807) is 0 Å². The minimum absolute atomic E-state index is 0.0276. The van der Waals surface area contributed by atoms with Crippen molar-refractivity contribution in [2.75, 3.05) is 12.8 Å². The van der Waals surface area contributed by atoms with Crippen molar-refractivity contribution in [2.45, 2.75) is 13.0 Å². The normalized spacial score (nSPS) is 13.2. The van der Waals surface area contributed by atoms with Crippen LogP contribution in [0.4, 0.5) is 5.95 Å². The minimum Gasteiger partial charge on any atom is -0.369 e. The Morgan fingerprint density at radius 3 is 2.80 bits per heavy atom. The van der Waals surface area contributed by atoms with Crippen LogP contribution in [-0.2, 0) is 0 Å². The summed E-state index contributed by atoms with van der Waals surface area (Å²) in [5, 5.41) is 3.01. The van der Waals surface area contributed by atoms with Crippen molar-refractivity contribution >= 4 is 17.1 Å². The number of nitrogen functional groups attached to an aromatic ring is 1. The number of rotatable bonds is 2. The summed E-state index contributed by atoms with van der Waals surface area (Å²) >= 11 is 0. The van der Waals surface area contributed by atoms with Gasteiger partial charge in [-0.3, -0.25) is 9.78 Å². The molecule has 0 fully saturated rings. The first-order valence-electron chi connectivity index (χ1n) is 4.54. The monoisotopic (exact) mass is 208 g/mol. The first-order chi connectivity index (χ1) is 7.11. The second-order valence-corrected chi connectivity index (χ2v) is 3.28. The molecule has 2 rings (SSSR count). The summed E-state index contributed by atoms with van der Waals surface area (Å²) < 4.78 is 0. The zero-order valence-electron chi connectivity index (χ0n) is 8.46. The number of aromatic nitrogens is 4. The van der Waals surface area contributed by atoms with Gasteiger partial charge in [0.05, 0.1) is 6.04 Å². The molecule has 1 atom stereocenters. The third kappa shape index (κ3) is 1.57. The van der Waals surface area contributed by atoms with Gasteiger partial charge in [-0.2, -0.15) is 4.98 Å². The standard InChI is InChI=1S/C8H12N6O/c1-3(10-2)5-11-4-6(12-5)13-8(9)14-7(4)15/h3,10H,1-2H3,(H4,9,11,12,13,14,15). The number of nitrogens with zero attached hydrogens (tertiary/aromatic N) is 2. The third-order valence-electron chi connectivity index (χ3n) is 2.24. The molecule has 7 heteroatoms. The molecular weight excluding hydrogens is 196 g/mol. The van der Waals surface area contributed by atoms with E-state index < -0.39 is 0 Å². The Morgan fingerprint density at radius 2 is 2.13 bits per heavy atom. The summed E-state index contributed by atoms with van der Waals surface area (Å²) in [6.07, 6.45) is 0. The number of hydrogen-bond donors (Lipinski definition) is 4. The molecule has 2 aromatic rings. The largest absolute Gasteiger partial charge is 0.369 e. The van der Waals surface area contributed by atoms with Crippen LogP contribution in [0.3, 0.4) is 0 Å². The third-order valence-corrected chi connectivity index (χ3v) is 2.24. The van der Waals surface area contributed by atoms with Gasteiger partial charge in [0.2, 0.25) is 5.95 Å². The van der Waals surface area contributed by atoms with Gasteiger partial charge in [-0.1, -0.05) is 0 Å². The molecule has 0 spiro atoms. The molecule has 0 bridgehead atoms. The molecule has 80 valence electrons. The summed E-state index contributed by atoms with van der Waals surface area (Å²) in [4.78, 5) is 24.9. The fourth-order valence-electron chi connectivity index (χ4n) is 1.28. The van der Waals surface area contributed by atoms with E-state index in [1.807, 2.05) is 14.0 Å². The summed E-state index contributed by atoms with van der Waals surface area (Å²) in [7, 11) is 1.81. The maximum absolute atomic E-state index is 11.5. The molecule has 0 saturated heterocycles. The maximum atomic E-state index is 11.5. The van der Waals surface area contributed by atoms with Crippen LogP contribution in [0.2, 0.25) is 0 Å². The van der Waals surface area contributed by atoms with E-state index in [-0.39, 0.29) is 17.5 Å². The first kappa shape index (κ1) is 9.66. The number of H-pyrrole nitrogens is 2. The van der Waals surface area contributed by atoms with Gasteiger partial charge in [-0.25, -0.2) is 4.98 Å².